The van der Waals surface area contributed by atoms with Crippen molar-refractivity contribution in [3.63, 3.8) is 0 Å². The van der Waals surface area contributed by atoms with E-state index in [4.69, 9.17) is 47.4 Å². The standard InChI is InChI=1S/C25H30O3.3C24H28O4.C24H30O4.CH4/c1-4-6-12-22-24-14-13-17(15-20(24)16(3)27-22)25(21(24)9-5-2)19-11-8-7-10-18(19)23(26)28-25;1-3-9-19-20(10-4-2)24(18-14-8-6-12-16(18)22(26)28-24)23(19)17-13-7-5-11-15(17)21(25)27-23;2*1-3-5-11-19-16-13-12-14-17(8-4-2)24(21(14)20(16)23(26)27-19)18-10-7-6-9-15(18)22(25)28-24;1-3-5-7-18-16-10-9-15-14-11-12-24(21(15)20(16)23(26)27-18)17(13-14)22(25)28-19(24)8-6-4-2;/h7,10,12,15,17,21H,3-6,8-9,11,13-14H2,1-2H3;5-6,11-12,19-20H,3-4,7-10,13-14H2,1-2H3;2*6,9,11,14,17,21H,3-5,7-8,10,12-13H2,1-2H3;8,13-15,18,21H,3-7,9-12H2,1-2H3;1H4/b22-12-;;2*19-11-;19-8-;/t17-,21-,24-,25+;;14?,17-,21-,24+;;;/m1.0.../s1. The molecule has 0 N–H and O–H groups in total. The zero-order chi connectivity index (χ0) is 97.4. The molecular weight excluding hydrogens is 1770 g/mol. The Morgan fingerprint density at radius 1 is 0.355 bits per heavy atom. The molecule has 0 amide bonds. The number of ether oxygens (including phenoxy) is 10. The molecule has 10 aliphatic heterocycles. The number of carbonyl (C=O) groups is 9. The van der Waals surface area contributed by atoms with Gasteiger partial charge in [-0.3, -0.25) is 0 Å². The molecule has 5 saturated carbocycles. The summed E-state index contributed by atoms with van der Waals surface area (Å²) < 4.78 is 60.9. The molecule has 0 aromatic heterocycles. The number of rotatable bonds is 21. The summed E-state index contributed by atoms with van der Waals surface area (Å²) in [5.74, 6) is 5.62. The van der Waals surface area contributed by atoms with Gasteiger partial charge in [0, 0.05) is 81.1 Å². The van der Waals surface area contributed by atoms with Crippen LogP contribution >= 0.6 is 0 Å². The average molecular weight is 1920 g/mol. The van der Waals surface area contributed by atoms with Gasteiger partial charge in [0.05, 0.1) is 49.8 Å². The van der Waals surface area contributed by atoms with E-state index in [1.54, 1.807) is 0 Å². The van der Waals surface area contributed by atoms with Crippen molar-refractivity contribution in [3.05, 3.63) is 233 Å². The SMILES string of the molecule is C.C=C1O/C(=C\CCC)[C@]23CC[C@H](C=C12)[C@@]1(OC(=O)C2=C1CCC=C2)[C@@H]3CCC.CCC/C=C1\OC(=O)C2=C1CCC1C(CCC)C3(OC(=O)C4=C3CCC=C4)C21.CCC/C=C1\OC(=O)C2=C1CCC1[C@@H]2[C@@]2(OC(=O)C3=C2CCC=C3)[C@H]1CCC.CCC/C=C1\OC(=O)C2=CC3CCC21C1C2=C(CCC31)C(CCCC)OC2=O.CCCC1C(CCC)C2(OC(=O)C3=C2CCC=C3)C12OC(=O)C1=C2CCC=C1. The molecule has 750 valence electrons. The number of esters is 9. The smallest absolute Gasteiger partial charge is 0.340 e. The van der Waals surface area contributed by atoms with Crippen LogP contribution in [0.25, 0.3) is 0 Å². The van der Waals surface area contributed by atoms with Gasteiger partial charge in [-0.1, -0.05) is 220 Å². The molecule has 141 heavy (non-hydrogen) atoms. The van der Waals surface area contributed by atoms with Crippen LogP contribution in [0.1, 0.15) is 340 Å². The van der Waals surface area contributed by atoms with Crippen LogP contribution < -0.4 is 0 Å². The van der Waals surface area contributed by atoms with Gasteiger partial charge in [0.2, 0.25) is 0 Å². The molecule has 0 aromatic rings. The van der Waals surface area contributed by atoms with E-state index in [9.17, 15) is 43.2 Å². The average Bonchev–Trinajstić information content (AvgIpc) is 1.49. The fourth-order valence-electron chi connectivity index (χ4n) is 32.8. The third kappa shape index (κ3) is 14.2. The largest absolute Gasteiger partial charge is 0.461 e. The molecule has 0 radical (unpaired) electrons. The van der Waals surface area contributed by atoms with Crippen molar-refractivity contribution < 1.29 is 90.5 Å². The number of carbonyl (C=O) groups excluding carboxylic acids is 9. The molecule has 4 bridgehead atoms. The van der Waals surface area contributed by atoms with E-state index in [2.05, 4.69) is 143 Å². The molecule has 2 saturated heterocycles. The van der Waals surface area contributed by atoms with Crippen LogP contribution in [-0.2, 0) is 90.5 Å². The highest BCUT2D eigenvalue weighted by Gasteiger charge is 2.83. The summed E-state index contributed by atoms with van der Waals surface area (Å²) in [6.45, 7) is 26.0. The van der Waals surface area contributed by atoms with E-state index in [0.29, 0.717) is 46.7 Å². The highest BCUT2D eigenvalue weighted by Crippen LogP contribution is 2.77. The number of allylic oxidation sites excluding steroid dienone is 15. The Hall–Kier alpha value is -10.2. The van der Waals surface area contributed by atoms with Crippen molar-refractivity contribution >= 4 is 53.7 Å². The number of hydrogen-bond donors (Lipinski definition) is 0. The van der Waals surface area contributed by atoms with Gasteiger partial charge >= 0.3 is 53.7 Å². The van der Waals surface area contributed by atoms with Gasteiger partial charge in [0.1, 0.15) is 51.7 Å². The Morgan fingerprint density at radius 2 is 0.773 bits per heavy atom. The maximum Gasteiger partial charge on any atom is 0.340 e. The van der Waals surface area contributed by atoms with E-state index < -0.39 is 33.4 Å². The molecule has 14 unspecified atom stereocenters. The zero-order valence-electron chi connectivity index (χ0n) is 84.3. The first-order valence-electron chi connectivity index (χ1n) is 55.0. The van der Waals surface area contributed by atoms with Crippen LogP contribution in [0.5, 0.6) is 0 Å². The number of hydrogen-bond acceptors (Lipinski definition) is 19. The molecule has 27 aliphatic rings. The third-order valence-corrected chi connectivity index (χ3v) is 37.7. The lowest BCUT2D eigenvalue weighted by molar-refractivity contribution is -0.275. The van der Waals surface area contributed by atoms with Crippen LogP contribution in [0.4, 0.5) is 0 Å². The van der Waals surface area contributed by atoms with Crippen LogP contribution in [0, 0.1) is 87.8 Å². The Labute approximate surface area is 834 Å². The van der Waals surface area contributed by atoms with E-state index >= 15 is 0 Å². The summed E-state index contributed by atoms with van der Waals surface area (Å²) in [6.07, 6.45) is 73.4. The predicted molar refractivity (Wildman–Crippen MR) is 536 cm³/mol. The van der Waals surface area contributed by atoms with Crippen molar-refractivity contribution in [1.29, 1.82) is 0 Å². The summed E-state index contributed by atoms with van der Waals surface area (Å²) in [5.41, 5.74) is 13.5. The lowest BCUT2D eigenvalue weighted by Gasteiger charge is -2.65. The minimum Gasteiger partial charge on any atom is -0.461 e. The van der Waals surface area contributed by atoms with E-state index in [1.807, 2.05) is 30.4 Å². The lowest BCUT2D eigenvalue weighted by atomic mass is 9.43. The topological polar surface area (TPSA) is 246 Å². The fourth-order valence-corrected chi connectivity index (χ4v) is 32.8. The first-order valence-corrected chi connectivity index (χ1v) is 55.0. The highest BCUT2D eigenvalue weighted by molar-refractivity contribution is 6.04. The van der Waals surface area contributed by atoms with E-state index in [1.165, 1.54) is 16.7 Å². The first kappa shape index (κ1) is 98.2. The van der Waals surface area contributed by atoms with Crippen LogP contribution in [0.2, 0.25) is 0 Å². The maximum absolute atomic E-state index is 13.1. The second-order valence-electron chi connectivity index (χ2n) is 44.3. The highest BCUT2D eigenvalue weighted by atomic mass is 16.6. The molecule has 10 heterocycles. The summed E-state index contributed by atoms with van der Waals surface area (Å²) >= 11 is 0. The van der Waals surface area contributed by atoms with E-state index in [0.717, 1.165) is 364 Å². The van der Waals surface area contributed by atoms with Gasteiger partial charge in [0.25, 0.3) is 0 Å². The summed E-state index contributed by atoms with van der Waals surface area (Å²) in [4.78, 5) is 116. The van der Waals surface area contributed by atoms with Crippen molar-refractivity contribution in [2.24, 2.45) is 87.8 Å². The molecule has 0 aromatic carbocycles. The van der Waals surface area contributed by atoms with Gasteiger partial charge in [-0.15, -0.1) is 0 Å². The Morgan fingerprint density at radius 3 is 1.24 bits per heavy atom. The Kier molecular flexibility index (Phi) is 26.8. The predicted octanol–water partition coefficient (Wildman–Crippen LogP) is 26.1. The molecule has 17 aliphatic carbocycles. The van der Waals surface area contributed by atoms with Gasteiger partial charge in [0.15, 0.2) is 11.2 Å². The number of unbranched alkanes of at least 4 members (excludes halogenated alkanes) is 5. The number of cyclic esters (lactones) is 4. The van der Waals surface area contributed by atoms with Crippen molar-refractivity contribution in [2.45, 2.75) is 374 Å². The minimum absolute atomic E-state index is 0. The zero-order valence-corrected chi connectivity index (χ0v) is 84.3. The van der Waals surface area contributed by atoms with Crippen molar-refractivity contribution in [2.75, 3.05) is 0 Å². The molecule has 27 rings (SSSR count). The van der Waals surface area contributed by atoms with Crippen molar-refractivity contribution in [1.82, 2.24) is 0 Å². The molecule has 19 nitrogen and oxygen atoms in total. The fraction of sp³-hybridized carbons (Fsp3) is 0.598. The van der Waals surface area contributed by atoms with Crippen LogP contribution in [0.3, 0.4) is 0 Å². The maximum atomic E-state index is 13.1. The number of fused-ring (bicyclic) bond motifs is 13. The summed E-state index contributed by atoms with van der Waals surface area (Å²) in [5, 5.41) is 0. The Balaban J connectivity index is 0.000000108. The first-order chi connectivity index (χ1) is 68.1. The normalized spacial score (nSPS) is 37.9. The van der Waals surface area contributed by atoms with Gasteiger partial charge in [-0.2, -0.15) is 0 Å². The molecule has 7 spiro atoms. The van der Waals surface area contributed by atoms with Gasteiger partial charge in [-0.25, -0.2) is 43.2 Å². The second kappa shape index (κ2) is 38.4. The van der Waals surface area contributed by atoms with Gasteiger partial charge in [-0.05, 0) is 280 Å². The van der Waals surface area contributed by atoms with Crippen LogP contribution in [-0.4, -0.2) is 87.8 Å². The summed E-state index contributed by atoms with van der Waals surface area (Å²) in [7, 11) is 0. The second-order valence-corrected chi connectivity index (χ2v) is 44.3. The quantitative estimate of drug-likeness (QED) is 0.0765. The monoisotopic (exact) mass is 1920 g/mol. The van der Waals surface area contributed by atoms with Gasteiger partial charge < -0.3 is 47.4 Å². The molecule has 21 atom stereocenters. The summed E-state index contributed by atoms with van der Waals surface area (Å²) in [6, 6.07) is 0. The van der Waals surface area contributed by atoms with Crippen LogP contribution in [0.15, 0.2) is 233 Å². The minimum atomic E-state index is -0.794. The van der Waals surface area contributed by atoms with E-state index in [-0.39, 0.29) is 114 Å². The van der Waals surface area contributed by atoms with Crippen molar-refractivity contribution in [3.8, 4) is 0 Å². The third-order valence-electron chi connectivity index (χ3n) is 37.7. The lowest BCUT2D eigenvalue weighted by Crippen LogP contribution is -2.77. The molecule has 19 heteroatoms. The Bertz CT molecular complexity index is 5740. The molecular formula is C122H148O19. The molecule has 7 fully saturated rings.